The molecule has 10 heteroatoms. The molecule has 1 heterocycles. The SMILES string of the molecule is CCC[C@H](C(=O)O)N1C(=O)[C@H](Cc2cccc(S(C)(=O)=O)c2)O[C@@H](c2ccc(Cl)cc2)[C@H]1c1ccc(Cl)cc1. The molecular weight excluding hydrogens is 561 g/mol. The standard InChI is InChI=1S/C29H29Cl2NO6S/c1-3-5-24(29(34)35)32-26(19-8-12-21(30)13-9-19)27(20-10-14-22(31)15-11-20)38-25(28(32)33)17-18-6-4-7-23(16-18)39(2,36)37/h4,6-16,24-27H,3,5,17H2,1-2H3,(H,34,35)/t24-,25+,26-,27+/m1/s1. The van der Waals surface area contributed by atoms with Gasteiger partial charge in [0, 0.05) is 22.7 Å². The third kappa shape index (κ3) is 6.64. The number of nitrogens with zero attached hydrogens (tertiary/aromatic N) is 1. The number of sulfone groups is 1. The van der Waals surface area contributed by atoms with E-state index in [0.29, 0.717) is 33.2 Å². The molecule has 7 nitrogen and oxygen atoms in total. The Morgan fingerprint density at radius 2 is 1.59 bits per heavy atom. The Labute approximate surface area is 238 Å². The number of rotatable bonds is 9. The number of benzene rings is 3. The summed E-state index contributed by atoms with van der Waals surface area (Å²) in [6, 6.07) is 18.4. The van der Waals surface area contributed by atoms with Crippen molar-refractivity contribution < 1.29 is 27.9 Å². The highest BCUT2D eigenvalue weighted by atomic mass is 35.5. The van der Waals surface area contributed by atoms with Crippen LogP contribution in [0.4, 0.5) is 0 Å². The van der Waals surface area contributed by atoms with E-state index in [2.05, 4.69) is 0 Å². The van der Waals surface area contributed by atoms with Crippen LogP contribution in [0.1, 0.15) is 48.6 Å². The number of carbonyl (C=O) groups excluding carboxylic acids is 1. The smallest absolute Gasteiger partial charge is 0.326 e. The molecule has 1 amide bonds. The van der Waals surface area contributed by atoms with E-state index in [4.69, 9.17) is 27.9 Å². The topological polar surface area (TPSA) is 101 Å². The summed E-state index contributed by atoms with van der Waals surface area (Å²) in [6.07, 6.45) is 0.182. The minimum atomic E-state index is -3.47. The summed E-state index contributed by atoms with van der Waals surface area (Å²) in [5.74, 6) is -1.59. The molecule has 0 aromatic heterocycles. The minimum Gasteiger partial charge on any atom is -0.480 e. The maximum atomic E-state index is 14.1. The second-order valence-corrected chi connectivity index (χ2v) is 12.5. The first-order valence-corrected chi connectivity index (χ1v) is 15.1. The molecule has 1 aliphatic rings. The lowest BCUT2D eigenvalue weighted by atomic mass is 9.88. The molecule has 4 rings (SSSR count). The summed E-state index contributed by atoms with van der Waals surface area (Å²) in [6.45, 7) is 1.86. The summed E-state index contributed by atoms with van der Waals surface area (Å²) >= 11 is 12.3. The molecule has 1 N–H and O–H groups in total. The van der Waals surface area contributed by atoms with Gasteiger partial charge in [0.05, 0.1) is 10.9 Å². The largest absolute Gasteiger partial charge is 0.480 e. The maximum absolute atomic E-state index is 14.1. The van der Waals surface area contributed by atoms with Crippen molar-refractivity contribution in [2.24, 2.45) is 0 Å². The summed E-state index contributed by atoms with van der Waals surface area (Å²) in [5, 5.41) is 11.3. The van der Waals surface area contributed by atoms with E-state index in [1.807, 2.05) is 6.92 Å². The monoisotopic (exact) mass is 589 g/mol. The van der Waals surface area contributed by atoms with Crippen molar-refractivity contribution >= 4 is 44.9 Å². The number of ether oxygens (including phenoxy) is 1. The van der Waals surface area contributed by atoms with Gasteiger partial charge in [-0.25, -0.2) is 13.2 Å². The van der Waals surface area contributed by atoms with E-state index in [1.54, 1.807) is 60.7 Å². The Morgan fingerprint density at radius 3 is 2.13 bits per heavy atom. The molecule has 206 valence electrons. The van der Waals surface area contributed by atoms with Gasteiger partial charge < -0.3 is 14.7 Å². The summed E-state index contributed by atoms with van der Waals surface area (Å²) in [5.41, 5.74) is 1.97. The van der Waals surface area contributed by atoms with Crippen LogP contribution in [0.2, 0.25) is 10.0 Å². The van der Waals surface area contributed by atoms with Crippen molar-refractivity contribution in [2.45, 2.75) is 55.4 Å². The van der Waals surface area contributed by atoms with Crippen LogP contribution in [-0.4, -0.2) is 48.7 Å². The van der Waals surface area contributed by atoms with Gasteiger partial charge in [0.25, 0.3) is 5.91 Å². The zero-order valence-electron chi connectivity index (χ0n) is 21.5. The van der Waals surface area contributed by atoms with E-state index in [-0.39, 0.29) is 17.7 Å². The Balaban J connectivity index is 1.85. The Bertz CT molecular complexity index is 1440. The van der Waals surface area contributed by atoms with Crippen LogP contribution >= 0.6 is 23.2 Å². The molecular formula is C29H29Cl2NO6S. The van der Waals surface area contributed by atoms with Gasteiger partial charge in [0.2, 0.25) is 0 Å². The zero-order valence-corrected chi connectivity index (χ0v) is 23.8. The quantitative estimate of drug-likeness (QED) is 0.333. The molecule has 0 aliphatic carbocycles. The molecule has 0 radical (unpaired) electrons. The van der Waals surface area contributed by atoms with Crippen LogP contribution in [0, 0.1) is 0 Å². The van der Waals surface area contributed by atoms with Gasteiger partial charge in [-0.3, -0.25) is 4.79 Å². The van der Waals surface area contributed by atoms with E-state index >= 15 is 0 Å². The van der Waals surface area contributed by atoms with Crippen LogP contribution in [0.15, 0.2) is 77.7 Å². The van der Waals surface area contributed by atoms with Gasteiger partial charge in [-0.2, -0.15) is 0 Å². The molecule has 0 unspecified atom stereocenters. The van der Waals surface area contributed by atoms with Crippen molar-refractivity contribution in [1.82, 2.24) is 4.90 Å². The van der Waals surface area contributed by atoms with E-state index in [0.717, 1.165) is 6.26 Å². The number of halogens is 2. The van der Waals surface area contributed by atoms with Crippen molar-refractivity contribution in [3.05, 3.63) is 99.5 Å². The molecule has 3 aromatic rings. The lowest BCUT2D eigenvalue weighted by Crippen LogP contribution is -2.57. The molecule has 0 spiro atoms. The molecule has 39 heavy (non-hydrogen) atoms. The van der Waals surface area contributed by atoms with Gasteiger partial charge >= 0.3 is 5.97 Å². The number of morpholine rings is 1. The fourth-order valence-electron chi connectivity index (χ4n) is 4.92. The van der Waals surface area contributed by atoms with Crippen LogP contribution in [-0.2, 0) is 30.6 Å². The van der Waals surface area contributed by atoms with Crippen molar-refractivity contribution in [3.63, 3.8) is 0 Å². The van der Waals surface area contributed by atoms with Crippen LogP contribution in [0.5, 0.6) is 0 Å². The highest BCUT2D eigenvalue weighted by Gasteiger charge is 2.48. The Kier molecular flexibility index (Phi) is 9.01. The molecule has 1 aliphatic heterocycles. The number of carboxylic acid groups (broad SMARTS) is 1. The molecule has 0 bridgehead atoms. The number of amides is 1. The van der Waals surface area contributed by atoms with Crippen molar-refractivity contribution in [3.8, 4) is 0 Å². The fourth-order valence-corrected chi connectivity index (χ4v) is 5.87. The first kappa shape index (κ1) is 29.1. The Morgan fingerprint density at radius 1 is 1.00 bits per heavy atom. The second-order valence-electron chi connectivity index (χ2n) is 9.61. The molecule has 4 atom stereocenters. The lowest BCUT2D eigenvalue weighted by molar-refractivity contribution is -0.184. The summed E-state index contributed by atoms with van der Waals surface area (Å²) in [4.78, 5) is 28.2. The van der Waals surface area contributed by atoms with Crippen LogP contribution in [0.25, 0.3) is 0 Å². The highest BCUT2D eigenvalue weighted by molar-refractivity contribution is 7.90. The predicted octanol–water partition coefficient (Wildman–Crippen LogP) is 5.90. The number of hydrogen-bond acceptors (Lipinski definition) is 5. The zero-order chi connectivity index (χ0) is 28.3. The molecule has 1 fully saturated rings. The number of carboxylic acids is 1. The van der Waals surface area contributed by atoms with Crippen LogP contribution in [0.3, 0.4) is 0 Å². The average Bonchev–Trinajstić information content (AvgIpc) is 2.89. The van der Waals surface area contributed by atoms with Gasteiger partial charge in [0.15, 0.2) is 9.84 Å². The summed E-state index contributed by atoms with van der Waals surface area (Å²) < 4.78 is 30.7. The van der Waals surface area contributed by atoms with E-state index in [9.17, 15) is 23.1 Å². The molecule has 0 saturated carbocycles. The average molecular weight is 591 g/mol. The Hall–Kier alpha value is -2.91. The number of carbonyl (C=O) groups is 2. The first-order valence-electron chi connectivity index (χ1n) is 12.5. The highest BCUT2D eigenvalue weighted by Crippen LogP contribution is 2.44. The fraction of sp³-hybridized carbons (Fsp3) is 0.310. The van der Waals surface area contributed by atoms with Crippen molar-refractivity contribution in [1.29, 1.82) is 0 Å². The van der Waals surface area contributed by atoms with Gasteiger partial charge in [-0.1, -0.05) is 72.9 Å². The van der Waals surface area contributed by atoms with Crippen LogP contribution < -0.4 is 0 Å². The molecule has 1 saturated heterocycles. The number of aliphatic carboxylic acids is 1. The third-order valence-electron chi connectivity index (χ3n) is 6.77. The van der Waals surface area contributed by atoms with Gasteiger partial charge in [0.1, 0.15) is 18.2 Å². The van der Waals surface area contributed by atoms with Crippen molar-refractivity contribution in [2.75, 3.05) is 6.26 Å². The lowest BCUT2D eigenvalue weighted by Gasteiger charge is -2.47. The second kappa shape index (κ2) is 12.1. The minimum absolute atomic E-state index is 0.0641. The normalized spacial score (nSPS) is 20.6. The first-order chi connectivity index (χ1) is 18.5. The predicted molar refractivity (Wildman–Crippen MR) is 150 cm³/mol. The van der Waals surface area contributed by atoms with E-state index in [1.165, 1.54) is 17.0 Å². The summed E-state index contributed by atoms with van der Waals surface area (Å²) in [7, 11) is -3.47. The maximum Gasteiger partial charge on any atom is 0.326 e. The van der Waals surface area contributed by atoms with Gasteiger partial charge in [-0.15, -0.1) is 0 Å². The van der Waals surface area contributed by atoms with Gasteiger partial charge in [-0.05, 0) is 59.5 Å². The number of hydrogen-bond donors (Lipinski definition) is 1. The molecule has 3 aromatic carbocycles. The third-order valence-corrected chi connectivity index (χ3v) is 8.38. The van der Waals surface area contributed by atoms with E-state index < -0.39 is 46.0 Å².